The van der Waals surface area contributed by atoms with E-state index in [1.165, 1.54) is 14.2 Å². The summed E-state index contributed by atoms with van der Waals surface area (Å²) in [5.41, 5.74) is 3.53. The first-order valence-electron chi connectivity index (χ1n) is 21.7. The second kappa shape index (κ2) is 21.0. The van der Waals surface area contributed by atoms with Crippen molar-refractivity contribution < 1.29 is 57.8 Å². The highest BCUT2D eigenvalue weighted by Gasteiger charge is 2.65. The van der Waals surface area contributed by atoms with Crippen LogP contribution in [0, 0.1) is 17.8 Å². The maximum absolute atomic E-state index is 14.7. The number of nitrogens with zero attached hydrogens (tertiary/aromatic N) is 2. The Balaban J connectivity index is 1.43. The second-order valence-corrected chi connectivity index (χ2v) is 16.1. The fourth-order valence-electron chi connectivity index (χ4n) is 9.68. The Labute approximate surface area is 368 Å². The summed E-state index contributed by atoms with van der Waals surface area (Å²) in [6, 6.07) is 15.5. The largest absolute Gasteiger partial charge is 0.496 e. The lowest BCUT2D eigenvalue weighted by atomic mass is 9.55. The predicted molar refractivity (Wildman–Crippen MR) is 235 cm³/mol. The quantitative estimate of drug-likeness (QED) is 0.0429. The van der Waals surface area contributed by atoms with Crippen LogP contribution >= 0.6 is 0 Å². The standard InChI is InChI=1S/C49H58N2O12/c1-5-7-23-58-48(55)51(29-32-14-17-43-44(24-32)60-31-59-43)45-28-40(50-57-4)38-26-33(12-8-10-20-52)37(13-9-11-21-53)46-39-27-36(62-35-15-18-41(56-3)34(25-35)30-54)16-19-42(39)63-49(45,47(38)46)61-22-6-2/h5-6,14-19,24-27,30,33,37,45-47,52-53H,1-2,7-13,20-23,28-29,31H2,3-4H3/t33-,37+,45-,46+,47+,49+/m0/s1. The Morgan fingerprint density at radius 2 is 1.70 bits per heavy atom. The molecular formula is C49H58N2O12. The third-order valence-corrected chi connectivity index (χ3v) is 12.4. The fourth-order valence-corrected chi connectivity index (χ4v) is 9.68. The van der Waals surface area contributed by atoms with Crippen LogP contribution in [0.5, 0.6) is 34.5 Å². The number of carbonyl (C=O) groups is 2. The molecule has 1 amide bonds. The number of hydrogen-bond acceptors (Lipinski definition) is 13. The molecule has 6 atom stereocenters. The van der Waals surface area contributed by atoms with Gasteiger partial charge >= 0.3 is 6.09 Å². The van der Waals surface area contributed by atoms with Gasteiger partial charge in [0.1, 0.15) is 36.1 Å². The first-order chi connectivity index (χ1) is 30.8. The van der Waals surface area contributed by atoms with Gasteiger partial charge in [0.05, 0.1) is 37.5 Å². The first-order valence-corrected chi connectivity index (χ1v) is 21.7. The van der Waals surface area contributed by atoms with Crippen molar-refractivity contribution in [2.45, 2.75) is 75.7 Å². The number of carbonyl (C=O) groups excluding carboxylic acids is 2. The summed E-state index contributed by atoms with van der Waals surface area (Å²) in [4.78, 5) is 33.8. The van der Waals surface area contributed by atoms with E-state index in [9.17, 15) is 19.8 Å². The number of aldehydes is 1. The van der Waals surface area contributed by atoms with Crippen LogP contribution in [0.1, 0.15) is 78.8 Å². The maximum atomic E-state index is 14.7. The summed E-state index contributed by atoms with van der Waals surface area (Å²) >= 11 is 0. The van der Waals surface area contributed by atoms with Crippen LogP contribution in [0.15, 0.2) is 96.7 Å². The molecule has 63 heavy (non-hydrogen) atoms. The number of ether oxygens (including phenoxy) is 7. The molecule has 14 heteroatoms. The van der Waals surface area contributed by atoms with E-state index >= 15 is 0 Å². The molecule has 7 rings (SSSR count). The van der Waals surface area contributed by atoms with Gasteiger partial charge in [0.2, 0.25) is 12.6 Å². The van der Waals surface area contributed by atoms with Crippen LogP contribution in [0.4, 0.5) is 4.79 Å². The number of allylic oxidation sites excluding steroid dienone is 1. The lowest BCUT2D eigenvalue weighted by molar-refractivity contribution is -0.256. The molecule has 2 aliphatic heterocycles. The molecule has 0 bridgehead atoms. The van der Waals surface area contributed by atoms with Gasteiger partial charge in [-0.3, -0.25) is 9.69 Å². The third kappa shape index (κ3) is 9.58. The van der Waals surface area contributed by atoms with Gasteiger partial charge in [-0.2, -0.15) is 0 Å². The highest BCUT2D eigenvalue weighted by atomic mass is 16.7. The summed E-state index contributed by atoms with van der Waals surface area (Å²) < 4.78 is 43.5. The molecule has 0 saturated heterocycles. The van der Waals surface area contributed by atoms with Crippen molar-refractivity contribution in [2.75, 3.05) is 47.4 Å². The molecule has 2 aliphatic carbocycles. The van der Waals surface area contributed by atoms with Crippen molar-refractivity contribution in [3.8, 4) is 34.5 Å². The minimum absolute atomic E-state index is 0.0133. The first kappa shape index (κ1) is 45.2. The molecule has 2 N–H and O–H groups in total. The van der Waals surface area contributed by atoms with Gasteiger partial charge in [0.15, 0.2) is 17.8 Å². The van der Waals surface area contributed by atoms with E-state index in [4.69, 9.17) is 38.0 Å². The summed E-state index contributed by atoms with van der Waals surface area (Å²) in [7, 11) is 3.02. The van der Waals surface area contributed by atoms with Crippen molar-refractivity contribution in [3.63, 3.8) is 0 Å². The van der Waals surface area contributed by atoms with Gasteiger partial charge in [-0.1, -0.05) is 42.3 Å². The Kier molecular flexibility index (Phi) is 15.1. The maximum Gasteiger partial charge on any atom is 0.410 e. The average Bonchev–Trinajstić information content (AvgIpc) is 3.77. The van der Waals surface area contributed by atoms with Crippen molar-refractivity contribution in [2.24, 2.45) is 22.9 Å². The van der Waals surface area contributed by atoms with Gasteiger partial charge in [0.25, 0.3) is 0 Å². The van der Waals surface area contributed by atoms with Crippen molar-refractivity contribution >= 4 is 18.1 Å². The van der Waals surface area contributed by atoms with Crippen LogP contribution in [0.25, 0.3) is 0 Å². The van der Waals surface area contributed by atoms with Gasteiger partial charge in [0, 0.05) is 37.7 Å². The van der Waals surface area contributed by atoms with Gasteiger partial charge in [-0.15, -0.1) is 13.2 Å². The van der Waals surface area contributed by atoms with Crippen LogP contribution in [0.3, 0.4) is 0 Å². The molecule has 336 valence electrons. The van der Waals surface area contributed by atoms with Crippen LogP contribution < -0.4 is 23.7 Å². The van der Waals surface area contributed by atoms with E-state index in [1.807, 2.05) is 36.4 Å². The molecule has 0 spiro atoms. The second-order valence-electron chi connectivity index (χ2n) is 16.1. The minimum Gasteiger partial charge on any atom is -0.496 e. The summed E-state index contributed by atoms with van der Waals surface area (Å²) in [5.74, 6) is 0.805. The van der Waals surface area contributed by atoms with Crippen molar-refractivity contribution in [1.29, 1.82) is 0 Å². The van der Waals surface area contributed by atoms with E-state index in [-0.39, 0.29) is 63.9 Å². The molecule has 1 saturated carbocycles. The molecule has 0 aromatic heterocycles. The molecule has 3 aromatic carbocycles. The summed E-state index contributed by atoms with van der Waals surface area (Å²) in [6.45, 7) is 8.37. The normalized spacial score (nSPS) is 23.3. The van der Waals surface area contributed by atoms with Crippen LogP contribution in [-0.4, -0.2) is 92.5 Å². The van der Waals surface area contributed by atoms with E-state index in [0.29, 0.717) is 65.0 Å². The molecule has 2 heterocycles. The number of rotatable bonds is 22. The number of benzene rings is 3. The number of methoxy groups -OCH3 is 1. The monoisotopic (exact) mass is 866 g/mol. The number of hydrogen-bond donors (Lipinski definition) is 2. The number of amides is 1. The van der Waals surface area contributed by atoms with Gasteiger partial charge in [-0.25, -0.2) is 4.79 Å². The number of oxime groups is 1. The zero-order valence-corrected chi connectivity index (χ0v) is 36.1. The predicted octanol–water partition coefficient (Wildman–Crippen LogP) is 8.51. The van der Waals surface area contributed by atoms with E-state index in [0.717, 1.165) is 48.7 Å². The third-order valence-electron chi connectivity index (χ3n) is 12.4. The van der Waals surface area contributed by atoms with Gasteiger partial charge in [-0.05, 0) is 104 Å². The molecular weight excluding hydrogens is 809 g/mol. The van der Waals surface area contributed by atoms with Crippen molar-refractivity contribution in [1.82, 2.24) is 4.90 Å². The lowest BCUT2D eigenvalue weighted by Crippen LogP contribution is -2.70. The molecule has 0 radical (unpaired) electrons. The molecule has 4 aliphatic rings. The van der Waals surface area contributed by atoms with Gasteiger partial charge < -0.3 is 48.2 Å². The molecule has 0 unspecified atom stereocenters. The van der Waals surface area contributed by atoms with Crippen molar-refractivity contribution in [3.05, 3.63) is 108 Å². The summed E-state index contributed by atoms with van der Waals surface area (Å²) in [5, 5.41) is 24.5. The number of aliphatic hydroxyl groups is 2. The Hall–Kier alpha value is -5.83. The molecule has 3 aromatic rings. The van der Waals surface area contributed by atoms with E-state index in [1.54, 1.807) is 35.3 Å². The van der Waals surface area contributed by atoms with Crippen LogP contribution in [0.2, 0.25) is 0 Å². The number of aliphatic hydroxyl groups excluding tert-OH is 2. The SMILES string of the molecule is C=CCCOC(=O)N(Cc1ccc2c(c1)OCO2)[C@H]1CC(=NOC)C2=C[C@H](CCCCO)[C@@H](CCCCO)[C@@H]3c4cc(Oc5ccc(OC)c(C=O)c5)ccc4O[C@@]1(OCC=C)[C@H]23. The zero-order chi connectivity index (χ0) is 44.3. The Morgan fingerprint density at radius 1 is 0.937 bits per heavy atom. The van der Waals surface area contributed by atoms with Crippen LogP contribution in [-0.2, 0) is 20.9 Å². The van der Waals surface area contributed by atoms with E-state index in [2.05, 4.69) is 24.4 Å². The lowest BCUT2D eigenvalue weighted by Gasteiger charge is -2.59. The zero-order valence-electron chi connectivity index (χ0n) is 36.1. The number of fused-ring (bicyclic) bond motifs is 3. The Bertz CT molecular complexity index is 2170. The molecule has 14 nitrogen and oxygen atoms in total. The highest BCUT2D eigenvalue weighted by Crippen LogP contribution is 2.62. The summed E-state index contributed by atoms with van der Waals surface area (Å²) in [6.07, 6.45) is 10.8. The van der Waals surface area contributed by atoms with E-state index < -0.39 is 23.8 Å². The topological polar surface area (TPSA) is 164 Å². The smallest absolute Gasteiger partial charge is 0.410 e. The number of unbranched alkanes of at least 4 members (excludes halogenated alkanes) is 2. The Morgan fingerprint density at radius 3 is 2.44 bits per heavy atom. The fraction of sp³-hybridized carbons (Fsp3) is 0.449. The average molecular weight is 867 g/mol. The minimum atomic E-state index is -1.51. The highest BCUT2D eigenvalue weighted by molar-refractivity contribution is 6.03. The molecule has 1 fully saturated rings.